The van der Waals surface area contributed by atoms with E-state index in [0.29, 0.717) is 12.4 Å². The monoisotopic (exact) mass is 588 g/mol. The van der Waals surface area contributed by atoms with Crippen LogP contribution in [0, 0.1) is 0 Å². The first-order valence-corrected chi connectivity index (χ1v) is 11.3. The highest BCUT2D eigenvalue weighted by Gasteiger charge is 2.38. The van der Waals surface area contributed by atoms with Gasteiger partial charge in [-0.05, 0) is 61.9 Å². The third-order valence-electron chi connectivity index (χ3n) is 4.46. The molecule has 0 aliphatic heterocycles. The predicted molar refractivity (Wildman–Crippen MR) is 131 cm³/mol. The number of imidazole rings is 1. The van der Waals surface area contributed by atoms with Gasteiger partial charge < -0.3 is 24.7 Å². The lowest BCUT2D eigenvalue weighted by Gasteiger charge is -2.15. The number of alkyl halides is 6. The second-order valence-corrected chi connectivity index (χ2v) is 8.03. The van der Waals surface area contributed by atoms with Gasteiger partial charge in [-0.25, -0.2) is 19.6 Å². The van der Waals surface area contributed by atoms with Crippen molar-refractivity contribution in [2.24, 2.45) is 0 Å². The number of aromatic nitrogens is 4. The number of aromatic amines is 1. The smallest absolute Gasteiger partial charge is 0.490 e. The molecule has 0 amide bonds. The highest BCUT2D eigenvalue weighted by Crippen LogP contribution is 2.33. The summed E-state index contributed by atoms with van der Waals surface area (Å²) in [7, 11) is 0. The van der Waals surface area contributed by atoms with Gasteiger partial charge in [-0.15, -0.1) is 0 Å². The van der Waals surface area contributed by atoms with E-state index in [2.05, 4.69) is 19.9 Å². The molecule has 0 radical (unpaired) electrons. The van der Waals surface area contributed by atoms with Gasteiger partial charge in [0.2, 0.25) is 0 Å². The zero-order valence-corrected chi connectivity index (χ0v) is 21.2. The van der Waals surface area contributed by atoms with Gasteiger partial charge in [-0.2, -0.15) is 26.3 Å². The Kier molecular flexibility index (Phi) is 11.0. The highest BCUT2D eigenvalue weighted by molar-refractivity contribution is 5.78. The molecule has 220 valence electrons. The lowest BCUT2D eigenvalue weighted by molar-refractivity contribution is -0.193. The molecule has 41 heavy (non-hydrogen) atoms. The molecular formula is C25H22F6N4O6. The van der Waals surface area contributed by atoms with Crippen LogP contribution >= 0.6 is 0 Å². The van der Waals surface area contributed by atoms with E-state index in [1.165, 1.54) is 0 Å². The SMILES string of the molecule is CC(C)Oc1ccc(OCc2ccncc2)cc1-c1nc2cccnc2[nH]1.O=C(O)C(F)(F)F.O=C(O)C(F)(F)F. The fourth-order valence-corrected chi connectivity index (χ4v) is 2.76. The summed E-state index contributed by atoms with van der Waals surface area (Å²) in [6, 6.07) is 13.4. The van der Waals surface area contributed by atoms with Gasteiger partial charge in [-0.1, -0.05) is 0 Å². The van der Waals surface area contributed by atoms with E-state index in [1.807, 2.05) is 56.3 Å². The van der Waals surface area contributed by atoms with Crippen molar-refractivity contribution >= 4 is 23.1 Å². The van der Waals surface area contributed by atoms with Crippen molar-refractivity contribution in [3.05, 3.63) is 66.6 Å². The molecule has 0 saturated carbocycles. The maximum absolute atomic E-state index is 10.6. The van der Waals surface area contributed by atoms with Crippen LogP contribution in [-0.2, 0) is 16.2 Å². The Morgan fingerprint density at radius 1 is 0.927 bits per heavy atom. The first-order chi connectivity index (χ1) is 19.1. The predicted octanol–water partition coefficient (Wildman–Crippen LogP) is 5.65. The molecule has 3 N–H and O–H groups in total. The Morgan fingerprint density at radius 2 is 1.51 bits per heavy atom. The molecule has 0 spiro atoms. The number of rotatable bonds is 6. The molecule has 4 rings (SSSR count). The number of halogens is 6. The van der Waals surface area contributed by atoms with Crippen molar-refractivity contribution < 1.29 is 55.6 Å². The number of ether oxygens (including phenoxy) is 2. The molecule has 0 saturated heterocycles. The van der Waals surface area contributed by atoms with E-state index >= 15 is 0 Å². The largest absolute Gasteiger partial charge is 0.490 e. The summed E-state index contributed by atoms with van der Waals surface area (Å²) in [4.78, 5) is 34.0. The molecule has 4 aromatic rings. The number of carbonyl (C=O) groups is 2. The Labute approximate surface area is 227 Å². The lowest BCUT2D eigenvalue weighted by atomic mass is 10.1. The van der Waals surface area contributed by atoms with Crippen LogP contribution in [0.5, 0.6) is 11.5 Å². The van der Waals surface area contributed by atoms with Gasteiger partial charge in [0.1, 0.15) is 29.4 Å². The molecule has 0 fully saturated rings. The average molecular weight is 588 g/mol. The molecule has 0 aliphatic carbocycles. The molecule has 1 aromatic carbocycles. The van der Waals surface area contributed by atoms with Crippen molar-refractivity contribution in [2.45, 2.75) is 38.9 Å². The zero-order valence-electron chi connectivity index (χ0n) is 21.2. The van der Waals surface area contributed by atoms with Crippen LogP contribution in [0.25, 0.3) is 22.6 Å². The molecule has 0 bridgehead atoms. The first kappa shape index (κ1) is 32.3. The van der Waals surface area contributed by atoms with Crippen LogP contribution in [0.1, 0.15) is 19.4 Å². The number of nitrogens with one attached hydrogen (secondary N) is 1. The number of pyridine rings is 2. The number of carboxylic acids is 2. The van der Waals surface area contributed by atoms with Crippen molar-refractivity contribution in [3.63, 3.8) is 0 Å². The zero-order chi connectivity index (χ0) is 30.8. The standard InChI is InChI=1S/C21H20N4O2.2C2HF3O2/c1-14(2)27-19-6-5-16(26-13-15-7-10-22-11-8-15)12-17(19)20-24-18-4-3-9-23-21(18)25-20;2*3-2(4,5)1(6)7/h3-12,14H,13H2,1-2H3,(H,23,24,25);2*(H,6,7). The molecule has 0 unspecified atom stereocenters. The second kappa shape index (κ2) is 14.0. The summed E-state index contributed by atoms with van der Waals surface area (Å²) in [6.07, 6.45) is -4.87. The van der Waals surface area contributed by atoms with E-state index in [4.69, 9.17) is 29.3 Å². The summed E-state index contributed by atoms with van der Waals surface area (Å²) in [5.41, 5.74) is 3.45. The number of fused-ring (bicyclic) bond motifs is 1. The highest BCUT2D eigenvalue weighted by atomic mass is 19.4. The number of nitrogens with zero attached hydrogens (tertiary/aromatic N) is 3. The average Bonchev–Trinajstić information content (AvgIpc) is 3.32. The molecule has 16 heteroatoms. The molecular weight excluding hydrogens is 566 g/mol. The molecule has 10 nitrogen and oxygen atoms in total. The van der Waals surface area contributed by atoms with E-state index in [9.17, 15) is 26.3 Å². The van der Waals surface area contributed by atoms with Gasteiger partial charge in [0.05, 0.1) is 11.7 Å². The van der Waals surface area contributed by atoms with Crippen LogP contribution in [-0.4, -0.2) is 60.5 Å². The quantitative estimate of drug-likeness (QED) is 0.243. The maximum atomic E-state index is 10.6. The first-order valence-electron chi connectivity index (χ1n) is 11.3. The Hall–Kier alpha value is -4.89. The minimum Gasteiger partial charge on any atom is -0.490 e. The molecule has 0 atom stereocenters. The second-order valence-electron chi connectivity index (χ2n) is 8.03. The van der Waals surface area contributed by atoms with Gasteiger partial charge in [0.25, 0.3) is 0 Å². The number of benzene rings is 1. The van der Waals surface area contributed by atoms with E-state index in [1.54, 1.807) is 18.6 Å². The van der Waals surface area contributed by atoms with Crippen molar-refractivity contribution in [1.29, 1.82) is 0 Å². The van der Waals surface area contributed by atoms with Crippen molar-refractivity contribution in [1.82, 2.24) is 19.9 Å². The molecule has 3 aromatic heterocycles. The number of H-pyrrole nitrogens is 1. The summed E-state index contributed by atoms with van der Waals surface area (Å²) in [5, 5.41) is 14.2. The van der Waals surface area contributed by atoms with E-state index in [-0.39, 0.29) is 6.10 Å². The summed E-state index contributed by atoms with van der Waals surface area (Å²) >= 11 is 0. The normalized spacial score (nSPS) is 11.1. The third kappa shape index (κ3) is 10.7. The number of hydrogen-bond donors (Lipinski definition) is 3. The molecule has 3 heterocycles. The summed E-state index contributed by atoms with van der Waals surface area (Å²) in [6.45, 7) is 4.46. The maximum Gasteiger partial charge on any atom is 0.490 e. The van der Waals surface area contributed by atoms with Crippen molar-refractivity contribution in [3.8, 4) is 22.9 Å². The fraction of sp³-hybridized carbons (Fsp3) is 0.240. The minimum absolute atomic E-state index is 0.0508. The van der Waals surface area contributed by atoms with E-state index in [0.717, 1.165) is 33.8 Å². The Morgan fingerprint density at radius 3 is 2.02 bits per heavy atom. The van der Waals surface area contributed by atoms with Crippen LogP contribution in [0.2, 0.25) is 0 Å². The number of hydrogen-bond acceptors (Lipinski definition) is 7. The lowest BCUT2D eigenvalue weighted by Crippen LogP contribution is -2.21. The summed E-state index contributed by atoms with van der Waals surface area (Å²) < 4.78 is 75.4. The van der Waals surface area contributed by atoms with Gasteiger partial charge in [-0.3, -0.25) is 4.98 Å². The fourth-order valence-electron chi connectivity index (χ4n) is 2.76. The van der Waals surface area contributed by atoms with Crippen molar-refractivity contribution in [2.75, 3.05) is 0 Å². The minimum atomic E-state index is -5.08. The number of carboxylic acid groups (broad SMARTS) is 2. The molecule has 0 aliphatic rings. The van der Waals surface area contributed by atoms with Gasteiger partial charge in [0, 0.05) is 18.6 Å². The number of aliphatic carboxylic acids is 2. The summed E-state index contributed by atoms with van der Waals surface area (Å²) in [5.74, 6) is -3.32. The van der Waals surface area contributed by atoms with Crippen LogP contribution in [0.4, 0.5) is 26.3 Å². The Balaban J connectivity index is 0.000000349. The third-order valence-corrected chi connectivity index (χ3v) is 4.46. The van der Waals surface area contributed by atoms with Crippen LogP contribution < -0.4 is 9.47 Å². The Bertz CT molecular complexity index is 1390. The van der Waals surface area contributed by atoms with Crippen LogP contribution in [0.15, 0.2) is 61.1 Å². The van der Waals surface area contributed by atoms with Crippen LogP contribution in [0.3, 0.4) is 0 Å². The topological polar surface area (TPSA) is 148 Å². The van der Waals surface area contributed by atoms with Gasteiger partial charge >= 0.3 is 24.3 Å². The van der Waals surface area contributed by atoms with E-state index < -0.39 is 24.3 Å². The van der Waals surface area contributed by atoms with Gasteiger partial charge in [0.15, 0.2) is 5.65 Å².